The lowest BCUT2D eigenvalue weighted by atomic mass is 9.81. The van der Waals surface area contributed by atoms with Gasteiger partial charge in [0.25, 0.3) is 11.8 Å². The minimum absolute atomic E-state index is 0.00142. The standard InChI is InChI=1S/C20H18ClF2N5O2/c1-10-2-3-13-16(15(10)21)27-28(9-11-7-20(22,23)8-11)17(13)19(30)26-12-4-5-25-14(6-12)18(24)29/h2-6,11H,7-9H2,1H3,(H2,24,29)(H,25,26,30). The fraction of sp³-hybridized carbons (Fsp3) is 0.300. The first kappa shape index (κ1) is 20.2. The SMILES string of the molecule is Cc1ccc2c(C(=O)Nc3ccnc(C(N)=O)c3)n(CC3CC(F)(F)C3)nc2c1Cl. The Morgan fingerprint density at radius 3 is 2.73 bits per heavy atom. The van der Waals surface area contributed by atoms with Gasteiger partial charge in [-0.05, 0) is 36.6 Å². The van der Waals surface area contributed by atoms with Crippen LogP contribution in [0.3, 0.4) is 0 Å². The van der Waals surface area contributed by atoms with Crippen LogP contribution in [-0.2, 0) is 6.54 Å². The summed E-state index contributed by atoms with van der Waals surface area (Å²) >= 11 is 6.37. The number of nitrogens with zero attached hydrogens (tertiary/aromatic N) is 3. The van der Waals surface area contributed by atoms with Gasteiger partial charge in [0.1, 0.15) is 16.9 Å². The Bertz CT molecular complexity index is 1170. The molecule has 0 bridgehead atoms. The number of hydrogen-bond donors (Lipinski definition) is 2. The number of benzene rings is 1. The third-order valence-electron chi connectivity index (χ3n) is 5.13. The van der Waals surface area contributed by atoms with Crippen LogP contribution in [0.1, 0.15) is 39.4 Å². The lowest BCUT2D eigenvalue weighted by molar-refractivity contribution is -0.114. The van der Waals surface area contributed by atoms with E-state index in [1.54, 1.807) is 12.1 Å². The van der Waals surface area contributed by atoms with Crippen molar-refractivity contribution in [1.29, 1.82) is 0 Å². The third kappa shape index (κ3) is 3.72. The van der Waals surface area contributed by atoms with E-state index in [0.29, 0.717) is 21.6 Å². The highest BCUT2D eigenvalue weighted by atomic mass is 35.5. The van der Waals surface area contributed by atoms with Crippen LogP contribution in [0, 0.1) is 12.8 Å². The Morgan fingerprint density at radius 2 is 2.07 bits per heavy atom. The quantitative estimate of drug-likeness (QED) is 0.638. The molecule has 1 aliphatic rings. The predicted molar refractivity (Wildman–Crippen MR) is 108 cm³/mol. The molecule has 0 radical (unpaired) electrons. The minimum atomic E-state index is -2.67. The number of carbonyl (C=O) groups is 2. The average Bonchev–Trinajstić information content (AvgIpc) is 3.02. The van der Waals surface area contributed by atoms with Gasteiger partial charge in [0.2, 0.25) is 5.92 Å². The predicted octanol–water partition coefficient (Wildman–Crippen LogP) is 3.79. The van der Waals surface area contributed by atoms with Crippen molar-refractivity contribution in [3.63, 3.8) is 0 Å². The van der Waals surface area contributed by atoms with Gasteiger partial charge >= 0.3 is 0 Å². The van der Waals surface area contributed by atoms with E-state index in [9.17, 15) is 18.4 Å². The van der Waals surface area contributed by atoms with Crippen LogP contribution >= 0.6 is 11.6 Å². The molecule has 30 heavy (non-hydrogen) atoms. The second-order valence-corrected chi connectivity index (χ2v) is 7.88. The number of pyridine rings is 1. The van der Waals surface area contributed by atoms with Crippen LogP contribution < -0.4 is 11.1 Å². The van der Waals surface area contributed by atoms with Gasteiger partial charge in [-0.3, -0.25) is 19.3 Å². The lowest BCUT2D eigenvalue weighted by Gasteiger charge is -2.34. The molecular formula is C20H18ClF2N5O2. The molecule has 0 unspecified atom stereocenters. The Hall–Kier alpha value is -3.07. The number of nitrogens with one attached hydrogen (secondary N) is 1. The zero-order chi connectivity index (χ0) is 21.6. The zero-order valence-electron chi connectivity index (χ0n) is 16.0. The highest BCUT2D eigenvalue weighted by molar-refractivity contribution is 6.36. The van der Waals surface area contributed by atoms with Gasteiger partial charge in [0, 0.05) is 36.7 Å². The first-order valence-electron chi connectivity index (χ1n) is 9.25. The molecule has 2 amide bonds. The number of rotatable bonds is 5. The van der Waals surface area contributed by atoms with Crippen LogP contribution in [-0.4, -0.2) is 32.5 Å². The van der Waals surface area contributed by atoms with E-state index in [-0.39, 0.29) is 36.7 Å². The third-order valence-corrected chi connectivity index (χ3v) is 5.61. The Kier molecular flexibility index (Phi) is 4.93. The van der Waals surface area contributed by atoms with Crippen LogP contribution in [0.15, 0.2) is 30.5 Å². The lowest BCUT2D eigenvalue weighted by Crippen LogP contribution is -2.38. The van der Waals surface area contributed by atoms with Crippen molar-refractivity contribution in [3.8, 4) is 0 Å². The van der Waals surface area contributed by atoms with Crippen LogP contribution in [0.4, 0.5) is 14.5 Å². The van der Waals surface area contributed by atoms with Gasteiger partial charge in [-0.15, -0.1) is 0 Å². The van der Waals surface area contributed by atoms with E-state index in [2.05, 4.69) is 15.4 Å². The second kappa shape index (κ2) is 7.32. The molecule has 1 aromatic carbocycles. The summed E-state index contributed by atoms with van der Waals surface area (Å²) in [4.78, 5) is 28.3. The Balaban J connectivity index is 1.71. The molecular weight excluding hydrogens is 416 g/mol. The fourth-order valence-electron chi connectivity index (χ4n) is 3.63. The van der Waals surface area contributed by atoms with Crippen molar-refractivity contribution in [2.24, 2.45) is 11.7 Å². The summed E-state index contributed by atoms with van der Waals surface area (Å²) in [6.07, 6.45) is 0.856. The first-order valence-corrected chi connectivity index (χ1v) is 9.63. The molecule has 1 saturated carbocycles. The first-order chi connectivity index (χ1) is 14.1. The molecule has 2 heterocycles. The summed E-state index contributed by atoms with van der Waals surface area (Å²) in [5.41, 5.74) is 6.98. The van der Waals surface area contributed by atoms with Crippen LogP contribution in [0.5, 0.6) is 0 Å². The maximum Gasteiger partial charge on any atom is 0.274 e. The summed E-state index contributed by atoms with van der Waals surface area (Å²) in [5.74, 6) is -4.20. The number of amides is 2. The average molecular weight is 434 g/mol. The normalized spacial score (nSPS) is 15.7. The van der Waals surface area contributed by atoms with Crippen molar-refractivity contribution in [2.45, 2.75) is 32.2 Å². The Labute approximate surface area is 175 Å². The van der Waals surface area contributed by atoms with E-state index in [0.717, 1.165) is 5.56 Å². The summed E-state index contributed by atoms with van der Waals surface area (Å²) in [5, 5.41) is 8.05. The number of carbonyl (C=O) groups excluding carboxylic acids is 2. The second-order valence-electron chi connectivity index (χ2n) is 7.50. The Morgan fingerprint density at radius 1 is 1.33 bits per heavy atom. The molecule has 1 fully saturated rings. The number of nitrogens with two attached hydrogens (primary N) is 1. The van der Waals surface area contributed by atoms with Crippen molar-refractivity contribution >= 4 is 40.0 Å². The number of halogens is 3. The van der Waals surface area contributed by atoms with Gasteiger partial charge in [-0.25, -0.2) is 8.78 Å². The monoisotopic (exact) mass is 433 g/mol. The topological polar surface area (TPSA) is 103 Å². The van der Waals surface area contributed by atoms with Crippen molar-refractivity contribution in [2.75, 3.05) is 5.32 Å². The zero-order valence-corrected chi connectivity index (χ0v) is 16.7. The summed E-state index contributed by atoms with van der Waals surface area (Å²) in [6.45, 7) is 1.99. The van der Waals surface area contributed by atoms with E-state index in [1.807, 2.05) is 6.92 Å². The van der Waals surface area contributed by atoms with Gasteiger partial charge in [-0.2, -0.15) is 5.10 Å². The summed E-state index contributed by atoms with van der Waals surface area (Å²) in [6, 6.07) is 6.36. The van der Waals surface area contributed by atoms with Gasteiger partial charge < -0.3 is 11.1 Å². The maximum absolute atomic E-state index is 13.3. The van der Waals surface area contributed by atoms with Crippen molar-refractivity contribution in [1.82, 2.24) is 14.8 Å². The number of fused-ring (bicyclic) bond motifs is 1. The molecule has 0 saturated heterocycles. The molecule has 3 N–H and O–H groups in total. The van der Waals surface area contributed by atoms with E-state index in [4.69, 9.17) is 17.3 Å². The number of hydrogen-bond acceptors (Lipinski definition) is 4. The maximum atomic E-state index is 13.3. The molecule has 10 heteroatoms. The largest absolute Gasteiger partial charge is 0.364 e. The fourth-order valence-corrected chi connectivity index (χ4v) is 3.83. The number of aryl methyl sites for hydroxylation is 1. The number of primary amides is 1. The molecule has 156 valence electrons. The van der Waals surface area contributed by atoms with Crippen LogP contribution in [0.2, 0.25) is 5.02 Å². The summed E-state index contributed by atoms with van der Waals surface area (Å²) < 4.78 is 28.0. The van der Waals surface area contributed by atoms with E-state index in [1.165, 1.54) is 23.0 Å². The molecule has 0 aliphatic heterocycles. The molecule has 4 rings (SSSR count). The number of aromatic nitrogens is 3. The smallest absolute Gasteiger partial charge is 0.274 e. The molecule has 1 aliphatic carbocycles. The van der Waals surface area contributed by atoms with Gasteiger partial charge in [-0.1, -0.05) is 17.7 Å². The molecule has 2 aromatic heterocycles. The molecule has 7 nitrogen and oxygen atoms in total. The van der Waals surface area contributed by atoms with E-state index >= 15 is 0 Å². The van der Waals surface area contributed by atoms with E-state index < -0.39 is 17.7 Å². The van der Waals surface area contributed by atoms with Crippen LogP contribution in [0.25, 0.3) is 10.9 Å². The van der Waals surface area contributed by atoms with Gasteiger partial charge in [0.05, 0.1) is 5.02 Å². The highest BCUT2D eigenvalue weighted by Gasteiger charge is 2.45. The molecule has 0 atom stereocenters. The molecule has 3 aromatic rings. The number of anilines is 1. The number of alkyl halides is 2. The molecule has 0 spiro atoms. The van der Waals surface area contributed by atoms with Crippen molar-refractivity contribution in [3.05, 3.63) is 52.4 Å². The summed E-state index contributed by atoms with van der Waals surface area (Å²) in [7, 11) is 0. The minimum Gasteiger partial charge on any atom is -0.364 e. The highest BCUT2D eigenvalue weighted by Crippen LogP contribution is 2.43. The van der Waals surface area contributed by atoms with Crippen molar-refractivity contribution < 1.29 is 18.4 Å². The van der Waals surface area contributed by atoms with Gasteiger partial charge in [0.15, 0.2) is 0 Å².